The number of allylic oxidation sites excluding steroid dienone is 2. The molecular weight excluding hydrogens is 284 g/mol. The monoisotopic (exact) mass is 314 g/mol. The molecule has 2 aliphatic rings. The van der Waals surface area contributed by atoms with Crippen LogP contribution in [0.15, 0.2) is 23.8 Å². The van der Waals surface area contributed by atoms with Gasteiger partial charge in [0.15, 0.2) is 0 Å². The van der Waals surface area contributed by atoms with Crippen molar-refractivity contribution in [1.29, 1.82) is 0 Å². The third kappa shape index (κ3) is 3.13. The third-order valence-corrected chi connectivity index (χ3v) is 5.63. The number of unbranched alkanes of at least 4 members (excludes halogenated alkanes) is 2. The van der Waals surface area contributed by atoms with E-state index in [1.165, 1.54) is 30.4 Å². The fourth-order valence-electron chi connectivity index (χ4n) is 4.34. The zero-order valence-corrected chi connectivity index (χ0v) is 15.0. The minimum absolute atomic E-state index is 0.177. The van der Waals surface area contributed by atoms with Gasteiger partial charge < -0.3 is 9.84 Å². The van der Waals surface area contributed by atoms with Crippen molar-refractivity contribution < 1.29 is 9.84 Å². The minimum atomic E-state index is -0.177. The van der Waals surface area contributed by atoms with Crippen LogP contribution < -0.4 is 4.74 Å². The van der Waals surface area contributed by atoms with Crippen molar-refractivity contribution in [2.75, 3.05) is 0 Å². The number of fused-ring (bicyclic) bond motifs is 3. The SMILES string of the molecule is CCCCCc1cc(O)c2c(c1)OC(C)(C)[C@@H]1CC=C(C)CC21. The quantitative estimate of drug-likeness (QED) is 0.567. The number of aromatic hydroxyl groups is 1. The van der Waals surface area contributed by atoms with Gasteiger partial charge in [0.2, 0.25) is 0 Å². The number of phenols is 1. The molecule has 0 bridgehead atoms. The summed E-state index contributed by atoms with van der Waals surface area (Å²) in [5.41, 5.74) is 3.50. The van der Waals surface area contributed by atoms with Gasteiger partial charge in [-0.2, -0.15) is 0 Å². The lowest BCUT2D eigenvalue weighted by molar-refractivity contribution is 0.00753. The summed E-state index contributed by atoms with van der Waals surface area (Å²) in [6.45, 7) is 8.81. The van der Waals surface area contributed by atoms with Crippen LogP contribution in [0.25, 0.3) is 0 Å². The second-order valence-corrected chi connectivity index (χ2v) is 7.89. The highest BCUT2D eigenvalue weighted by atomic mass is 16.5. The van der Waals surface area contributed by atoms with Gasteiger partial charge in [-0.05, 0) is 64.2 Å². The molecule has 0 aromatic heterocycles. The van der Waals surface area contributed by atoms with Crippen LogP contribution in [0.3, 0.4) is 0 Å². The van der Waals surface area contributed by atoms with E-state index in [0.717, 1.165) is 30.6 Å². The lowest BCUT2D eigenvalue weighted by Gasteiger charge is -2.47. The first-order chi connectivity index (χ1) is 10.9. The molecule has 126 valence electrons. The molecule has 1 aromatic rings. The maximum Gasteiger partial charge on any atom is 0.127 e. The van der Waals surface area contributed by atoms with Crippen molar-refractivity contribution in [3.05, 3.63) is 34.9 Å². The largest absolute Gasteiger partial charge is 0.508 e. The highest BCUT2D eigenvalue weighted by Crippen LogP contribution is 2.54. The molecule has 2 atom stereocenters. The summed E-state index contributed by atoms with van der Waals surface area (Å²) in [5.74, 6) is 2.17. The van der Waals surface area contributed by atoms with Gasteiger partial charge in [0.1, 0.15) is 17.1 Å². The van der Waals surface area contributed by atoms with E-state index in [1.54, 1.807) is 0 Å². The van der Waals surface area contributed by atoms with Gasteiger partial charge in [-0.1, -0.05) is 31.4 Å². The van der Waals surface area contributed by atoms with Gasteiger partial charge in [-0.3, -0.25) is 0 Å². The van der Waals surface area contributed by atoms with E-state index in [2.05, 4.69) is 39.8 Å². The fraction of sp³-hybridized carbons (Fsp3) is 0.619. The molecule has 1 aliphatic heterocycles. The van der Waals surface area contributed by atoms with Gasteiger partial charge in [-0.15, -0.1) is 0 Å². The molecule has 1 heterocycles. The van der Waals surface area contributed by atoms with Crippen molar-refractivity contribution >= 4 is 0 Å². The topological polar surface area (TPSA) is 29.5 Å². The Kier molecular flexibility index (Phi) is 4.44. The molecule has 23 heavy (non-hydrogen) atoms. The number of rotatable bonds is 4. The number of hydrogen-bond donors (Lipinski definition) is 1. The van der Waals surface area contributed by atoms with Gasteiger partial charge >= 0.3 is 0 Å². The Labute approximate surface area is 140 Å². The highest BCUT2D eigenvalue weighted by Gasteiger charge is 2.45. The summed E-state index contributed by atoms with van der Waals surface area (Å²) in [7, 11) is 0. The molecular formula is C21H30O2. The van der Waals surface area contributed by atoms with Crippen LogP contribution in [0.5, 0.6) is 11.5 Å². The first kappa shape index (κ1) is 16.4. The molecule has 1 aromatic carbocycles. The molecule has 0 spiro atoms. The normalized spacial score (nSPS) is 25.1. The number of phenolic OH excluding ortho intramolecular Hbond substituents is 1. The van der Waals surface area contributed by atoms with Crippen molar-refractivity contribution in [1.82, 2.24) is 0 Å². The average Bonchev–Trinajstić information content (AvgIpc) is 2.46. The third-order valence-electron chi connectivity index (χ3n) is 5.63. The zero-order valence-electron chi connectivity index (χ0n) is 15.0. The summed E-state index contributed by atoms with van der Waals surface area (Å²) in [6.07, 6.45) is 9.06. The van der Waals surface area contributed by atoms with Gasteiger partial charge in [0, 0.05) is 17.4 Å². The van der Waals surface area contributed by atoms with Crippen LogP contribution in [0.4, 0.5) is 0 Å². The predicted octanol–water partition coefficient (Wildman–Crippen LogP) is 5.74. The van der Waals surface area contributed by atoms with Gasteiger partial charge in [0.25, 0.3) is 0 Å². The lowest BCUT2D eigenvalue weighted by Crippen LogP contribution is -2.45. The molecule has 3 rings (SSSR count). The molecule has 0 saturated heterocycles. The van der Waals surface area contributed by atoms with Crippen LogP contribution in [-0.4, -0.2) is 10.7 Å². The van der Waals surface area contributed by atoms with Gasteiger partial charge in [0.05, 0.1) is 0 Å². The minimum Gasteiger partial charge on any atom is -0.508 e. The van der Waals surface area contributed by atoms with Crippen LogP contribution >= 0.6 is 0 Å². The summed E-state index contributed by atoms with van der Waals surface area (Å²) in [4.78, 5) is 0. The van der Waals surface area contributed by atoms with Crippen LogP contribution in [0.1, 0.15) is 76.8 Å². The molecule has 2 heteroatoms. The maximum absolute atomic E-state index is 10.7. The first-order valence-corrected chi connectivity index (χ1v) is 9.12. The van der Waals surface area contributed by atoms with Crippen molar-refractivity contribution in [3.63, 3.8) is 0 Å². The summed E-state index contributed by atoms with van der Waals surface area (Å²) >= 11 is 0. The maximum atomic E-state index is 10.7. The number of aryl methyl sites for hydroxylation is 1. The Morgan fingerprint density at radius 2 is 2.04 bits per heavy atom. The second kappa shape index (κ2) is 6.22. The Morgan fingerprint density at radius 3 is 2.78 bits per heavy atom. The van der Waals surface area contributed by atoms with E-state index in [4.69, 9.17) is 4.74 Å². The van der Waals surface area contributed by atoms with E-state index in [-0.39, 0.29) is 5.60 Å². The predicted molar refractivity (Wildman–Crippen MR) is 95.3 cm³/mol. The van der Waals surface area contributed by atoms with E-state index >= 15 is 0 Å². The molecule has 0 radical (unpaired) electrons. The molecule has 0 amide bonds. The second-order valence-electron chi connectivity index (χ2n) is 7.89. The number of hydrogen-bond acceptors (Lipinski definition) is 2. The van der Waals surface area contributed by atoms with E-state index in [1.807, 2.05) is 6.07 Å². The Hall–Kier alpha value is -1.44. The van der Waals surface area contributed by atoms with E-state index in [0.29, 0.717) is 17.6 Å². The smallest absolute Gasteiger partial charge is 0.127 e. The molecule has 2 nitrogen and oxygen atoms in total. The van der Waals surface area contributed by atoms with Crippen molar-refractivity contribution in [2.24, 2.45) is 5.92 Å². The number of benzene rings is 1. The Balaban J connectivity index is 1.96. The van der Waals surface area contributed by atoms with E-state index in [9.17, 15) is 5.11 Å². The standard InChI is InChI=1S/C21H30O2/c1-5-6-7-8-15-12-18(22)20-16-11-14(2)9-10-17(16)21(3,4)23-19(20)13-15/h9,12-13,16-17,22H,5-8,10-11H2,1-4H3/t16?,17-/m1/s1. The summed E-state index contributed by atoms with van der Waals surface area (Å²) < 4.78 is 6.36. The van der Waals surface area contributed by atoms with Crippen LogP contribution in [0, 0.1) is 5.92 Å². The Bertz CT molecular complexity index is 613. The highest BCUT2D eigenvalue weighted by molar-refractivity contribution is 5.52. The van der Waals surface area contributed by atoms with Crippen LogP contribution in [-0.2, 0) is 6.42 Å². The van der Waals surface area contributed by atoms with Crippen molar-refractivity contribution in [2.45, 2.75) is 77.7 Å². The average molecular weight is 314 g/mol. The van der Waals surface area contributed by atoms with Crippen LogP contribution in [0.2, 0.25) is 0 Å². The Morgan fingerprint density at radius 1 is 1.26 bits per heavy atom. The molecule has 1 unspecified atom stereocenters. The van der Waals surface area contributed by atoms with Gasteiger partial charge in [-0.25, -0.2) is 0 Å². The molecule has 0 saturated carbocycles. The van der Waals surface area contributed by atoms with E-state index < -0.39 is 0 Å². The summed E-state index contributed by atoms with van der Waals surface area (Å²) in [6, 6.07) is 4.15. The lowest BCUT2D eigenvalue weighted by atomic mass is 9.67. The van der Waals surface area contributed by atoms with Crippen molar-refractivity contribution in [3.8, 4) is 11.5 Å². The number of ether oxygens (including phenoxy) is 1. The molecule has 1 N–H and O–H groups in total. The first-order valence-electron chi connectivity index (χ1n) is 9.12. The summed E-state index contributed by atoms with van der Waals surface area (Å²) in [5, 5.41) is 10.7. The molecule has 1 aliphatic carbocycles. The zero-order chi connectivity index (χ0) is 16.6. The fourth-order valence-corrected chi connectivity index (χ4v) is 4.34. The molecule has 0 fully saturated rings.